The second kappa shape index (κ2) is 5.83. The number of benzene rings is 2. The Balaban J connectivity index is 2.29. The van der Waals surface area contributed by atoms with Crippen molar-refractivity contribution in [3.8, 4) is 5.75 Å². The van der Waals surface area contributed by atoms with Gasteiger partial charge >= 0.3 is 0 Å². The van der Waals surface area contributed by atoms with Crippen LogP contribution in [-0.2, 0) is 6.54 Å². The van der Waals surface area contributed by atoms with Crippen molar-refractivity contribution >= 4 is 11.4 Å². The third-order valence-electron chi connectivity index (χ3n) is 3.51. The summed E-state index contributed by atoms with van der Waals surface area (Å²) in [7, 11) is 0. The molecular formula is C16H18N2O3. The lowest BCUT2D eigenvalue weighted by molar-refractivity contribution is -0.384. The number of phenols is 1. The van der Waals surface area contributed by atoms with Crippen LogP contribution in [0, 0.1) is 30.9 Å². The van der Waals surface area contributed by atoms with E-state index in [9.17, 15) is 15.2 Å². The summed E-state index contributed by atoms with van der Waals surface area (Å²) in [5.74, 6) is 0.180. The summed E-state index contributed by atoms with van der Waals surface area (Å²) < 4.78 is 0. The van der Waals surface area contributed by atoms with Crippen LogP contribution in [0.25, 0.3) is 0 Å². The Morgan fingerprint density at radius 3 is 2.48 bits per heavy atom. The molecule has 2 rings (SSSR count). The molecule has 2 N–H and O–H groups in total. The highest BCUT2D eigenvalue weighted by Crippen LogP contribution is 2.29. The van der Waals surface area contributed by atoms with Crippen LogP contribution in [0.3, 0.4) is 0 Å². The van der Waals surface area contributed by atoms with Gasteiger partial charge in [0.25, 0.3) is 5.69 Å². The minimum Gasteiger partial charge on any atom is -0.508 e. The molecule has 0 amide bonds. The summed E-state index contributed by atoms with van der Waals surface area (Å²) in [6.45, 7) is 6.02. The molecule has 2 aromatic rings. The largest absolute Gasteiger partial charge is 0.508 e. The number of anilines is 1. The molecule has 0 atom stereocenters. The van der Waals surface area contributed by atoms with E-state index in [-0.39, 0.29) is 11.4 Å². The topological polar surface area (TPSA) is 75.4 Å². The van der Waals surface area contributed by atoms with Crippen molar-refractivity contribution in [1.29, 1.82) is 0 Å². The molecule has 21 heavy (non-hydrogen) atoms. The van der Waals surface area contributed by atoms with Gasteiger partial charge in [-0.05, 0) is 44.0 Å². The van der Waals surface area contributed by atoms with Gasteiger partial charge in [-0.2, -0.15) is 0 Å². The molecule has 0 aromatic heterocycles. The highest BCUT2D eigenvalue weighted by atomic mass is 16.6. The smallest absolute Gasteiger partial charge is 0.292 e. The van der Waals surface area contributed by atoms with E-state index in [2.05, 4.69) is 5.32 Å². The summed E-state index contributed by atoms with van der Waals surface area (Å²) in [6.07, 6.45) is 0. The summed E-state index contributed by atoms with van der Waals surface area (Å²) in [6, 6.07) is 8.63. The number of nitrogens with one attached hydrogen (secondary N) is 1. The molecule has 0 bridgehead atoms. The van der Waals surface area contributed by atoms with Gasteiger partial charge in [0, 0.05) is 18.2 Å². The molecule has 0 unspecified atom stereocenters. The number of hydrogen-bond acceptors (Lipinski definition) is 4. The van der Waals surface area contributed by atoms with Crippen molar-refractivity contribution in [2.24, 2.45) is 0 Å². The third kappa shape index (κ3) is 3.31. The maximum atomic E-state index is 11.1. The maximum absolute atomic E-state index is 11.1. The van der Waals surface area contributed by atoms with Gasteiger partial charge in [-0.3, -0.25) is 10.1 Å². The van der Waals surface area contributed by atoms with Crippen LogP contribution >= 0.6 is 0 Å². The van der Waals surface area contributed by atoms with Gasteiger partial charge in [-0.1, -0.05) is 17.7 Å². The standard InChI is InChI=1S/C16H18N2O3/c1-10-4-5-16(19)13(6-10)9-17-14-7-11(2)12(3)8-15(14)18(20)21/h4-8,17,19H,9H2,1-3H3. The fourth-order valence-electron chi connectivity index (χ4n) is 2.14. The summed E-state index contributed by atoms with van der Waals surface area (Å²) in [5.41, 5.74) is 4.11. The van der Waals surface area contributed by atoms with Crippen molar-refractivity contribution in [2.75, 3.05) is 5.32 Å². The van der Waals surface area contributed by atoms with Gasteiger partial charge in [0.2, 0.25) is 0 Å². The molecule has 0 aliphatic rings. The normalized spacial score (nSPS) is 10.4. The van der Waals surface area contributed by atoms with E-state index in [1.54, 1.807) is 18.2 Å². The summed E-state index contributed by atoms with van der Waals surface area (Å²) in [5, 5.41) is 24.0. The van der Waals surface area contributed by atoms with E-state index in [1.807, 2.05) is 32.9 Å². The van der Waals surface area contributed by atoms with Gasteiger partial charge < -0.3 is 10.4 Å². The van der Waals surface area contributed by atoms with Crippen molar-refractivity contribution in [1.82, 2.24) is 0 Å². The first kappa shape index (κ1) is 14.8. The highest BCUT2D eigenvalue weighted by Gasteiger charge is 2.15. The number of rotatable bonds is 4. The molecule has 0 saturated carbocycles. The van der Waals surface area contributed by atoms with E-state index >= 15 is 0 Å². The van der Waals surface area contributed by atoms with Crippen LogP contribution < -0.4 is 5.32 Å². The average Bonchev–Trinajstić information content (AvgIpc) is 2.42. The zero-order valence-corrected chi connectivity index (χ0v) is 12.3. The minimum atomic E-state index is -0.398. The lowest BCUT2D eigenvalue weighted by atomic mass is 10.1. The van der Waals surface area contributed by atoms with Crippen molar-refractivity contribution in [3.05, 3.63) is 62.7 Å². The number of nitro groups is 1. The van der Waals surface area contributed by atoms with Crippen LogP contribution in [0.1, 0.15) is 22.3 Å². The molecule has 0 saturated heterocycles. The van der Waals surface area contributed by atoms with E-state index in [4.69, 9.17) is 0 Å². The fraction of sp³-hybridized carbons (Fsp3) is 0.250. The first-order valence-electron chi connectivity index (χ1n) is 6.66. The Bertz CT molecular complexity index is 696. The predicted octanol–water partition coefficient (Wildman–Crippen LogP) is 3.84. The first-order valence-corrected chi connectivity index (χ1v) is 6.66. The van der Waals surface area contributed by atoms with Gasteiger partial charge in [0.1, 0.15) is 11.4 Å². The molecule has 5 nitrogen and oxygen atoms in total. The van der Waals surface area contributed by atoms with Crippen LogP contribution in [0.4, 0.5) is 11.4 Å². The number of aromatic hydroxyl groups is 1. The van der Waals surface area contributed by atoms with E-state index in [0.717, 1.165) is 16.7 Å². The van der Waals surface area contributed by atoms with E-state index < -0.39 is 4.92 Å². The van der Waals surface area contributed by atoms with E-state index in [0.29, 0.717) is 17.8 Å². The molecule has 0 fully saturated rings. The molecule has 0 radical (unpaired) electrons. The van der Waals surface area contributed by atoms with Gasteiger partial charge in [0.05, 0.1) is 4.92 Å². The third-order valence-corrected chi connectivity index (χ3v) is 3.51. The Labute approximate surface area is 123 Å². The predicted molar refractivity (Wildman–Crippen MR) is 82.7 cm³/mol. The number of hydrogen-bond donors (Lipinski definition) is 2. The quantitative estimate of drug-likeness (QED) is 0.661. The Morgan fingerprint density at radius 2 is 1.81 bits per heavy atom. The number of phenolic OH excluding ortho intramolecular Hbond substituents is 1. The van der Waals surface area contributed by atoms with Gasteiger partial charge in [-0.15, -0.1) is 0 Å². The van der Waals surface area contributed by atoms with Crippen LogP contribution in [0.2, 0.25) is 0 Å². The second-order valence-corrected chi connectivity index (χ2v) is 5.20. The van der Waals surface area contributed by atoms with Crippen LogP contribution in [-0.4, -0.2) is 10.0 Å². The molecule has 110 valence electrons. The molecule has 0 spiro atoms. The van der Waals surface area contributed by atoms with Crippen molar-refractivity contribution in [2.45, 2.75) is 27.3 Å². The zero-order chi connectivity index (χ0) is 15.6. The summed E-state index contributed by atoms with van der Waals surface area (Å²) in [4.78, 5) is 10.7. The highest BCUT2D eigenvalue weighted by molar-refractivity contribution is 5.64. The average molecular weight is 286 g/mol. The summed E-state index contributed by atoms with van der Waals surface area (Å²) >= 11 is 0. The maximum Gasteiger partial charge on any atom is 0.292 e. The number of aryl methyl sites for hydroxylation is 3. The SMILES string of the molecule is Cc1ccc(O)c(CNc2cc(C)c(C)cc2[N+](=O)[O-])c1. The first-order chi connectivity index (χ1) is 9.88. The minimum absolute atomic E-state index is 0.0465. The fourth-order valence-corrected chi connectivity index (χ4v) is 2.14. The molecule has 5 heteroatoms. The molecular weight excluding hydrogens is 268 g/mol. The molecule has 0 aliphatic heterocycles. The Morgan fingerprint density at radius 1 is 1.14 bits per heavy atom. The van der Waals surface area contributed by atoms with Crippen molar-refractivity contribution < 1.29 is 10.0 Å². The van der Waals surface area contributed by atoms with E-state index in [1.165, 1.54) is 0 Å². The number of nitrogens with zero attached hydrogens (tertiary/aromatic N) is 1. The Hall–Kier alpha value is -2.56. The molecule has 2 aromatic carbocycles. The van der Waals surface area contributed by atoms with Crippen LogP contribution in [0.15, 0.2) is 30.3 Å². The second-order valence-electron chi connectivity index (χ2n) is 5.20. The van der Waals surface area contributed by atoms with Crippen LogP contribution in [0.5, 0.6) is 5.75 Å². The molecule has 0 aliphatic carbocycles. The lowest BCUT2D eigenvalue weighted by Gasteiger charge is -2.11. The Kier molecular flexibility index (Phi) is 4.12. The monoisotopic (exact) mass is 286 g/mol. The molecule has 0 heterocycles. The lowest BCUT2D eigenvalue weighted by Crippen LogP contribution is -2.04. The number of nitro benzene ring substituents is 1. The van der Waals surface area contributed by atoms with Crippen molar-refractivity contribution in [3.63, 3.8) is 0 Å². The van der Waals surface area contributed by atoms with Gasteiger partial charge in [-0.25, -0.2) is 0 Å². The zero-order valence-electron chi connectivity index (χ0n) is 12.3. The van der Waals surface area contributed by atoms with Gasteiger partial charge in [0.15, 0.2) is 0 Å².